The molecule has 0 N–H and O–H groups in total. The number of hydrogen-bond acceptors (Lipinski definition) is 5. The van der Waals surface area contributed by atoms with Gasteiger partial charge in [-0.25, -0.2) is 15.0 Å². The monoisotopic (exact) mass is 352 g/mol. The van der Waals surface area contributed by atoms with Crippen LogP contribution in [0.15, 0.2) is 36.9 Å². The molecule has 0 aliphatic carbocycles. The molecule has 3 aromatic heterocycles. The van der Waals surface area contributed by atoms with Crippen molar-refractivity contribution in [2.45, 2.75) is 58.7 Å². The van der Waals surface area contributed by atoms with Gasteiger partial charge in [-0.05, 0) is 52.8 Å². The van der Waals surface area contributed by atoms with Crippen LogP contribution < -0.4 is 0 Å². The quantitative estimate of drug-likeness (QED) is 0.710. The molecule has 26 heavy (non-hydrogen) atoms. The molecule has 1 fully saturated rings. The van der Waals surface area contributed by atoms with Gasteiger partial charge in [-0.15, -0.1) is 0 Å². The number of pyridine rings is 2. The van der Waals surface area contributed by atoms with Crippen molar-refractivity contribution < 1.29 is 9.47 Å². The number of imidazole rings is 1. The van der Waals surface area contributed by atoms with Gasteiger partial charge in [-0.2, -0.15) is 0 Å². The highest BCUT2D eigenvalue weighted by molar-refractivity contribution is 5.81. The zero-order valence-corrected chi connectivity index (χ0v) is 15.9. The Morgan fingerprint density at radius 3 is 2.38 bits per heavy atom. The Morgan fingerprint density at radius 1 is 1.00 bits per heavy atom. The van der Waals surface area contributed by atoms with Gasteiger partial charge in [0, 0.05) is 29.9 Å². The summed E-state index contributed by atoms with van der Waals surface area (Å²) in [5.41, 5.74) is 2.51. The predicted molar refractivity (Wildman–Crippen MR) is 99.5 cm³/mol. The predicted octanol–water partition coefficient (Wildman–Crippen LogP) is 4.12. The lowest BCUT2D eigenvalue weighted by atomic mass is 9.90. The van der Waals surface area contributed by atoms with Crippen molar-refractivity contribution in [1.29, 1.82) is 0 Å². The van der Waals surface area contributed by atoms with Crippen molar-refractivity contribution >= 4 is 11.0 Å². The first kappa shape index (κ1) is 17.1. The smallest absolute Gasteiger partial charge is 0.186 e. The summed E-state index contributed by atoms with van der Waals surface area (Å²) in [6.45, 7) is 11.2. The second-order valence-corrected chi connectivity index (χ2v) is 7.65. The number of hydrogen-bond donors (Lipinski definition) is 0. The van der Waals surface area contributed by atoms with E-state index in [-0.39, 0.29) is 11.2 Å². The molecule has 0 saturated carbocycles. The summed E-state index contributed by atoms with van der Waals surface area (Å²) in [6.07, 6.45) is 5.13. The average Bonchev–Trinajstić information content (AvgIpc) is 3.16. The van der Waals surface area contributed by atoms with Gasteiger partial charge in [-0.1, -0.05) is 0 Å². The lowest BCUT2D eigenvalue weighted by Gasteiger charge is -2.30. The number of ether oxygens (including phenoxy) is 2. The summed E-state index contributed by atoms with van der Waals surface area (Å²) in [5.74, 6) is 0. The van der Waals surface area contributed by atoms with E-state index in [0.717, 1.165) is 28.9 Å². The lowest BCUT2D eigenvalue weighted by molar-refractivity contribution is -0.0886. The minimum absolute atomic E-state index is 0.381. The third kappa shape index (κ3) is 2.70. The van der Waals surface area contributed by atoms with Gasteiger partial charge in [0.1, 0.15) is 5.69 Å². The summed E-state index contributed by atoms with van der Waals surface area (Å²) in [6, 6.07) is 5.94. The van der Waals surface area contributed by atoms with Gasteiger partial charge < -0.3 is 14.0 Å². The number of aryl methyl sites for hydroxylation is 1. The van der Waals surface area contributed by atoms with E-state index >= 15 is 0 Å². The van der Waals surface area contributed by atoms with Crippen molar-refractivity contribution in [3.8, 4) is 11.4 Å². The van der Waals surface area contributed by atoms with Gasteiger partial charge in [0.05, 0.1) is 23.2 Å². The molecule has 3 aromatic rings. The fourth-order valence-electron chi connectivity index (χ4n) is 3.03. The fourth-order valence-corrected chi connectivity index (χ4v) is 3.03. The van der Waals surface area contributed by atoms with Crippen LogP contribution in [0.5, 0.6) is 0 Å². The van der Waals surface area contributed by atoms with Crippen molar-refractivity contribution in [3.05, 3.63) is 42.5 Å². The molecule has 0 bridgehead atoms. The maximum absolute atomic E-state index is 6.20. The van der Waals surface area contributed by atoms with Crippen molar-refractivity contribution in [2.75, 3.05) is 0 Å². The highest BCUT2D eigenvalue weighted by atomic mass is 16.7. The topological polar surface area (TPSA) is 62.1 Å². The first-order valence-corrected chi connectivity index (χ1v) is 8.94. The van der Waals surface area contributed by atoms with Gasteiger partial charge in [0.2, 0.25) is 0 Å². The van der Waals surface area contributed by atoms with Crippen LogP contribution in [-0.4, -0.2) is 30.7 Å². The number of nitrogens with zero attached hydrogens (tertiary/aromatic N) is 4. The van der Waals surface area contributed by atoms with E-state index in [1.165, 1.54) is 0 Å². The summed E-state index contributed by atoms with van der Waals surface area (Å²) in [4.78, 5) is 13.6. The van der Waals surface area contributed by atoms with Crippen molar-refractivity contribution in [3.63, 3.8) is 0 Å². The standard InChI is InChI=1S/C20H24N4O2/c1-6-24-11-16(22-12-24)15-8-7-13-14(9-10-21-17(13)23-15)18-25-19(2,3)20(4,5)26-18/h7-12,18H,6H2,1-5H3. The maximum atomic E-state index is 6.20. The summed E-state index contributed by atoms with van der Waals surface area (Å²) < 4.78 is 14.4. The molecule has 0 unspecified atom stereocenters. The van der Waals surface area contributed by atoms with E-state index in [9.17, 15) is 0 Å². The first-order valence-electron chi connectivity index (χ1n) is 8.94. The van der Waals surface area contributed by atoms with Crippen LogP contribution in [0.3, 0.4) is 0 Å². The Bertz CT molecular complexity index is 945. The summed E-state index contributed by atoms with van der Waals surface area (Å²) >= 11 is 0. The fraction of sp³-hybridized carbons (Fsp3) is 0.450. The zero-order valence-electron chi connectivity index (χ0n) is 15.9. The number of rotatable bonds is 3. The van der Waals surface area contributed by atoms with E-state index in [1.807, 2.05) is 35.3 Å². The molecule has 6 heteroatoms. The molecule has 4 heterocycles. The van der Waals surface area contributed by atoms with Crippen LogP contribution in [0.1, 0.15) is 46.5 Å². The largest absolute Gasteiger partial charge is 0.339 e. The van der Waals surface area contributed by atoms with Crippen LogP contribution in [0.25, 0.3) is 22.4 Å². The van der Waals surface area contributed by atoms with Crippen LogP contribution in [-0.2, 0) is 16.0 Å². The SMILES string of the molecule is CCn1cnc(-c2ccc3c(C4OC(C)(C)C(C)(C)O4)ccnc3n2)c1. The molecule has 0 amide bonds. The van der Waals surface area contributed by atoms with Gasteiger partial charge in [-0.3, -0.25) is 0 Å². The maximum Gasteiger partial charge on any atom is 0.186 e. The van der Waals surface area contributed by atoms with Gasteiger partial charge >= 0.3 is 0 Å². The third-order valence-corrected chi connectivity index (χ3v) is 5.41. The molecule has 4 rings (SSSR count). The minimum Gasteiger partial charge on any atom is -0.339 e. The third-order valence-electron chi connectivity index (χ3n) is 5.41. The highest BCUT2D eigenvalue weighted by Crippen LogP contribution is 2.45. The lowest BCUT2D eigenvalue weighted by Crippen LogP contribution is -2.41. The van der Waals surface area contributed by atoms with Gasteiger partial charge in [0.25, 0.3) is 0 Å². The Kier molecular flexibility index (Phi) is 3.86. The van der Waals surface area contributed by atoms with Crippen molar-refractivity contribution in [2.24, 2.45) is 0 Å². The van der Waals surface area contributed by atoms with Crippen LogP contribution in [0.4, 0.5) is 0 Å². The Labute approximate surface area is 153 Å². The highest BCUT2D eigenvalue weighted by Gasteiger charge is 2.49. The Hall–Kier alpha value is -2.31. The second-order valence-electron chi connectivity index (χ2n) is 7.65. The molecule has 0 spiro atoms. The zero-order chi connectivity index (χ0) is 18.5. The van der Waals surface area contributed by atoms with E-state index in [2.05, 4.69) is 44.6 Å². The molecule has 1 aliphatic heterocycles. The van der Waals surface area contributed by atoms with Crippen LogP contribution in [0.2, 0.25) is 0 Å². The molecule has 1 aliphatic rings. The summed E-state index contributed by atoms with van der Waals surface area (Å²) in [7, 11) is 0. The minimum atomic E-state index is -0.433. The van der Waals surface area contributed by atoms with E-state index in [0.29, 0.717) is 5.65 Å². The summed E-state index contributed by atoms with van der Waals surface area (Å²) in [5, 5.41) is 0.935. The molecule has 136 valence electrons. The average molecular weight is 352 g/mol. The first-order chi connectivity index (χ1) is 12.3. The van der Waals surface area contributed by atoms with E-state index < -0.39 is 6.29 Å². The molecule has 0 aromatic carbocycles. The van der Waals surface area contributed by atoms with Crippen molar-refractivity contribution in [1.82, 2.24) is 19.5 Å². The molecule has 1 saturated heterocycles. The normalized spacial score (nSPS) is 19.3. The van der Waals surface area contributed by atoms with E-state index in [4.69, 9.17) is 14.5 Å². The molecular formula is C20H24N4O2. The molecular weight excluding hydrogens is 328 g/mol. The Morgan fingerprint density at radius 2 is 1.73 bits per heavy atom. The number of fused-ring (bicyclic) bond motifs is 1. The van der Waals surface area contributed by atoms with E-state index in [1.54, 1.807) is 6.20 Å². The van der Waals surface area contributed by atoms with Crippen LogP contribution in [0, 0.1) is 0 Å². The molecule has 0 radical (unpaired) electrons. The second kappa shape index (κ2) is 5.86. The van der Waals surface area contributed by atoms with Crippen LogP contribution >= 0.6 is 0 Å². The number of aromatic nitrogens is 4. The van der Waals surface area contributed by atoms with Gasteiger partial charge in [0.15, 0.2) is 11.9 Å². The molecule has 6 nitrogen and oxygen atoms in total. The Balaban J connectivity index is 1.74. The molecule has 0 atom stereocenters.